The molecule has 1 atom stereocenters. The summed E-state index contributed by atoms with van der Waals surface area (Å²) in [5.74, 6) is 0.844. The maximum Gasteiger partial charge on any atom is 0.137 e. The SMILES string of the molecule is COc1cccc(C2=NO[C@@H](Cc3ccccc3)C2)c1. The van der Waals surface area contributed by atoms with Crippen LogP contribution in [0.1, 0.15) is 17.5 Å². The fourth-order valence-electron chi connectivity index (χ4n) is 2.39. The van der Waals surface area contributed by atoms with Crippen LogP contribution in [-0.4, -0.2) is 18.9 Å². The van der Waals surface area contributed by atoms with Crippen LogP contribution in [0.25, 0.3) is 0 Å². The summed E-state index contributed by atoms with van der Waals surface area (Å²) in [5.41, 5.74) is 3.34. The van der Waals surface area contributed by atoms with Gasteiger partial charge in [-0.15, -0.1) is 0 Å². The highest BCUT2D eigenvalue weighted by Gasteiger charge is 2.22. The van der Waals surface area contributed by atoms with Crippen molar-refractivity contribution in [1.29, 1.82) is 0 Å². The van der Waals surface area contributed by atoms with Crippen molar-refractivity contribution in [1.82, 2.24) is 0 Å². The van der Waals surface area contributed by atoms with Crippen molar-refractivity contribution in [2.45, 2.75) is 18.9 Å². The van der Waals surface area contributed by atoms with Gasteiger partial charge in [0.05, 0.1) is 12.8 Å². The molecule has 0 amide bonds. The Balaban J connectivity index is 1.66. The third-order valence-electron chi connectivity index (χ3n) is 3.44. The largest absolute Gasteiger partial charge is 0.497 e. The van der Waals surface area contributed by atoms with Gasteiger partial charge in [0.15, 0.2) is 0 Å². The van der Waals surface area contributed by atoms with Gasteiger partial charge >= 0.3 is 0 Å². The zero-order chi connectivity index (χ0) is 13.8. The van der Waals surface area contributed by atoms with Crippen molar-refractivity contribution in [3.05, 3.63) is 65.7 Å². The molecule has 0 radical (unpaired) electrons. The second kappa shape index (κ2) is 5.78. The summed E-state index contributed by atoms with van der Waals surface area (Å²) in [6.07, 6.45) is 1.85. The Bertz CT molecular complexity index is 607. The molecule has 102 valence electrons. The van der Waals surface area contributed by atoms with E-state index in [4.69, 9.17) is 9.57 Å². The van der Waals surface area contributed by atoms with Crippen molar-refractivity contribution in [3.63, 3.8) is 0 Å². The first-order chi connectivity index (χ1) is 9.85. The minimum absolute atomic E-state index is 0.124. The van der Waals surface area contributed by atoms with Crippen LogP contribution in [0.3, 0.4) is 0 Å². The molecule has 0 bridgehead atoms. The van der Waals surface area contributed by atoms with E-state index in [1.807, 2.05) is 42.5 Å². The van der Waals surface area contributed by atoms with Crippen LogP contribution >= 0.6 is 0 Å². The van der Waals surface area contributed by atoms with E-state index in [0.29, 0.717) is 0 Å². The molecule has 3 rings (SSSR count). The van der Waals surface area contributed by atoms with Crippen molar-refractivity contribution < 1.29 is 9.57 Å². The molecule has 3 nitrogen and oxygen atoms in total. The van der Waals surface area contributed by atoms with E-state index >= 15 is 0 Å². The predicted octanol–water partition coefficient (Wildman–Crippen LogP) is 3.43. The minimum atomic E-state index is 0.124. The van der Waals surface area contributed by atoms with Gasteiger partial charge in [0.1, 0.15) is 11.9 Å². The summed E-state index contributed by atoms with van der Waals surface area (Å²) in [5, 5.41) is 4.22. The molecule has 0 saturated heterocycles. The summed E-state index contributed by atoms with van der Waals surface area (Å²) in [4.78, 5) is 5.54. The van der Waals surface area contributed by atoms with Gasteiger partial charge in [-0.05, 0) is 17.7 Å². The van der Waals surface area contributed by atoms with Crippen molar-refractivity contribution in [3.8, 4) is 5.75 Å². The van der Waals surface area contributed by atoms with E-state index in [1.54, 1.807) is 7.11 Å². The van der Waals surface area contributed by atoms with Crippen molar-refractivity contribution in [2.24, 2.45) is 5.16 Å². The molecule has 0 N–H and O–H groups in total. The summed E-state index contributed by atoms with van der Waals surface area (Å²) in [6, 6.07) is 18.3. The van der Waals surface area contributed by atoms with Gasteiger partial charge in [-0.2, -0.15) is 0 Å². The molecule has 0 spiro atoms. The van der Waals surface area contributed by atoms with E-state index in [1.165, 1.54) is 5.56 Å². The number of nitrogens with zero attached hydrogens (tertiary/aromatic N) is 1. The van der Waals surface area contributed by atoms with Crippen LogP contribution in [0.15, 0.2) is 59.8 Å². The Morgan fingerprint density at radius 3 is 2.80 bits per heavy atom. The average Bonchev–Trinajstić information content (AvgIpc) is 2.97. The van der Waals surface area contributed by atoms with Gasteiger partial charge in [0.25, 0.3) is 0 Å². The Morgan fingerprint density at radius 1 is 1.15 bits per heavy atom. The molecule has 3 heteroatoms. The van der Waals surface area contributed by atoms with E-state index in [-0.39, 0.29) is 6.10 Å². The topological polar surface area (TPSA) is 30.8 Å². The fraction of sp³-hybridized carbons (Fsp3) is 0.235. The molecule has 0 aliphatic carbocycles. The average molecular weight is 267 g/mol. The molecule has 1 aliphatic rings. The molecular formula is C17H17NO2. The van der Waals surface area contributed by atoms with Crippen LogP contribution in [-0.2, 0) is 11.3 Å². The zero-order valence-corrected chi connectivity index (χ0v) is 11.5. The molecule has 0 unspecified atom stereocenters. The second-order valence-electron chi connectivity index (χ2n) is 4.89. The lowest BCUT2D eigenvalue weighted by Gasteiger charge is -2.07. The first kappa shape index (κ1) is 12.7. The van der Waals surface area contributed by atoms with E-state index in [2.05, 4.69) is 17.3 Å². The van der Waals surface area contributed by atoms with Crippen molar-refractivity contribution >= 4 is 5.71 Å². The Morgan fingerprint density at radius 2 is 2.00 bits per heavy atom. The summed E-state index contributed by atoms with van der Waals surface area (Å²) < 4.78 is 5.24. The van der Waals surface area contributed by atoms with Crippen LogP contribution in [0, 0.1) is 0 Å². The molecule has 0 aromatic heterocycles. The number of oxime groups is 1. The summed E-state index contributed by atoms with van der Waals surface area (Å²) >= 11 is 0. The number of hydrogen-bond donors (Lipinski definition) is 0. The smallest absolute Gasteiger partial charge is 0.137 e. The van der Waals surface area contributed by atoms with Gasteiger partial charge < -0.3 is 9.57 Å². The first-order valence-electron chi connectivity index (χ1n) is 6.76. The summed E-state index contributed by atoms with van der Waals surface area (Å²) in [6.45, 7) is 0. The third kappa shape index (κ3) is 2.82. The lowest BCUT2D eigenvalue weighted by molar-refractivity contribution is 0.0859. The number of rotatable bonds is 4. The molecule has 2 aromatic carbocycles. The standard InChI is InChI=1S/C17H17NO2/c1-19-15-9-5-8-14(11-15)17-12-16(20-18-17)10-13-6-3-2-4-7-13/h2-9,11,16H,10,12H2,1H3/t16-/m0/s1. The lowest BCUT2D eigenvalue weighted by atomic mass is 10.0. The summed E-state index contributed by atoms with van der Waals surface area (Å²) in [7, 11) is 1.67. The van der Waals surface area contributed by atoms with Crippen LogP contribution in [0.5, 0.6) is 5.75 Å². The van der Waals surface area contributed by atoms with Crippen LogP contribution < -0.4 is 4.74 Å². The highest BCUT2D eigenvalue weighted by Crippen LogP contribution is 2.22. The van der Waals surface area contributed by atoms with E-state index < -0.39 is 0 Å². The quantitative estimate of drug-likeness (QED) is 0.849. The zero-order valence-electron chi connectivity index (χ0n) is 11.5. The maximum absolute atomic E-state index is 5.54. The van der Waals surface area contributed by atoms with E-state index in [0.717, 1.165) is 29.9 Å². The predicted molar refractivity (Wildman–Crippen MR) is 79.2 cm³/mol. The molecule has 2 aromatic rings. The van der Waals surface area contributed by atoms with Gasteiger partial charge in [-0.1, -0.05) is 47.6 Å². The van der Waals surface area contributed by atoms with Gasteiger partial charge in [-0.3, -0.25) is 0 Å². The minimum Gasteiger partial charge on any atom is -0.497 e. The van der Waals surface area contributed by atoms with E-state index in [9.17, 15) is 0 Å². The number of hydrogen-bond acceptors (Lipinski definition) is 3. The maximum atomic E-state index is 5.54. The van der Waals surface area contributed by atoms with Gasteiger partial charge in [-0.25, -0.2) is 0 Å². The lowest BCUT2D eigenvalue weighted by Crippen LogP contribution is -2.11. The fourth-order valence-corrected chi connectivity index (χ4v) is 2.39. The number of ether oxygens (including phenoxy) is 1. The Labute approximate surface area is 118 Å². The normalized spacial score (nSPS) is 17.4. The molecule has 20 heavy (non-hydrogen) atoms. The third-order valence-corrected chi connectivity index (χ3v) is 3.44. The number of benzene rings is 2. The molecule has 0 fully saturated rings. The van der Waals surface area contributed by atoms with Crippen LogP contribution in [0.4, 0.5) is 0 Å². The monoisotopic (exact) mass is 267 g/mol. The first-order valence-corrected chi connectivity index (χ1v) is 6.76. The highest BCUT2D eigenvalue weighted by molar-refractivity contribution is 6.01. The Kier molecular flexibility index (Phi) is 3.68. The Hall–Kier alpha value is -2.29. The molecule has 1 aliphatic heterocycles. The highest BCUT2D eigenvalue weighted by atomic mass is 16.6. The number of methoxy groups -OCH3 is 1. The van der Waals surface area contributed by atoms with Crippen molar-refractivity contribution in [2.75, 3.05) is 7.11 Å². The van der Waals surface area contributed by atoms with Gasteiger partial charge in [0.2, 0.25) is 0 Å². The van der Waals surface area contributed by atoms with Crippen LogP contribution in [0.2, 0.25) is 0 Å². The molecule has 0 saturated carbocycles. The van der Waals surface area contributed by atoms with Gasteiger partial charge in [0, 0.05) is 18.4 Å². The second-order valence-corrected chi connectivity index (χ2v) is 4.89. The molecule has 1 heterocycles. The molecular weight excluding hydrogens is 250 g/mol.